The zero-order valence-corrected chi connectivity index (χ0v) is 32.9. The number of carbonyl (C=O) groups is 2. The van der Waals surface area contributed by atoms with Crippen LogP contribution in [-0.2, 0) is 37.4 Å². The van der Waals surface area contributed by atoms with Gasteiger partial charge in [-0.15, -0.1) is 0 Å². The number of halogens is 1. The molecule has 2 aromatic heterocycles. The minimum Gasteiger partial charge on any atom is -0.460 e. The molecule has 7 atom stereocenters. The van der Waals surface area contributed by atoms with Crippen molar-refractivity contribution in [2.24, 2.45) is 0 Å². The zero-order valence-electron chi connectivity index (χ0n) is 32.0. The molecular formula is C36H55FN5O13P. The average molecular weight is 816 g/mol. The van der Waals surface area contributed by atoms with Gasteiger partial charge in [0.15, 0.2) is 0 Å². The van der Waals surface area contributed by atoms with Crippen LogP contribution < -0.4 is 22.3 Å². The van der Waals surface area contributed by atoms with E-state index in [4.69, 9.17) is 23.3 Å². The monoisotopic (exact) mass is 815 g/mol. The van der Waals surface area contributed by atoms with Gasteiger partial charge in [-0.25, -0.2) is 14.2 Å². The van der Waals surface area contributed by atoms with Crippen LogP contribution in [0.1, 0.15) is 129 Å². The maximum absolute atomic E-state index is 13.9. The number of amides is 1. The number of esters is 1. The molecule has 2 aliphatic heterocycles. The van der Waals surface area contributed by atoms with Crippen molar-refractivity contribution in [2.45, 2.75) is 153 Å². The van der Waals surface area contributed by atoms with E-state index in [-0.39, 0.29) is 24.6 Å². The Balaban J connectivity index is 1.21. The first-order valence-electron chi connectivity index (χ1n) is 19.4. The first-order chi connectivity index (χ1) is 26.8. The number of aliphatic hydroxyl groups is 1. The summed E-state index contributed by atoms with van der Waals surface area (Å²) in [5.74, 6) is -2.21. The molecule has 1 amide bonds. The predicted octanol–water partition coefficient (Wildman–Crippen LogP) is 4.35. The number of carbonyl (C=O) groups excluding carboxylic acids is 2. The van der Waals surface area contributed by atoms with Crippen molar-refractivity contribution < 1.29 is 51.8 Å². The topological polar surface area (TPSA) is 240 Å². The third-order valence-electron chi connectivity index (χ3n) is 9.68. The number of aromatic amines is 1. The van der Waals surface area contributed by atoms with Gasteiger partial charge in [-0.3, -0.25) is 37.5 Å². The Morgan fingerprint density at radius 2 is 1.54 bits per heavy atom. The number of phosphoric acid groups is 1. The highest BCUT2D eigenvalue weighted by Crippen LogP contribution is 2.49. The van der Waals surface area contributed by atoms with Crippen molar-refractivity contribution in [3.05, 3.63) is 55.6 Å². The minimum absolute atomic E-state index is 0.0581. The molecule has 2 fully saturated rings. The van der Waals surface area contributed by atoms with Crippen LogP contribution in [0.5, 0.6) is 0 Å². The Morgan fingerprint density at radius 3 is 2.14 bits per heavy atom. The fraction of sp³-hybridized carbons (Fsp3) is 0.722. The lowest BCUT2D eigenvalue weighted by molar-refractivity contribution is -0.150. The van der Waals surface area contributed by atoms with Gasteiger partial charge in [0.1, 0.15) is 42.7 Å². The number of H-pyrrole nitrogens is 1. The molecule has 2 aliphatic rings. The number of aliphatic hydroxyl groups excluding tert-OH is 1. The number of unbranched alkanes of at least 4 members (excludes halogenated alkanes) is 12. The van der Waals surface area contributed by atoms with E-state index in [1.807, 2.05) is 0 Å². The Morgan fingerprint density at radius 1 is 0.946 bits per heavy atom. The fourth-order valence-electron chi connectivity index (χ4n) is 6.76. The third kappa shape index (κ3) is 14.1. The molecule has 20 heteroatoms. The first-order valence-corrected chi connectivity index (χ1v) is 20.9. The van der Waals surface area contributed by atoms with Gasteiger partial charge in [0.2, 0.25) is 11.7 Å². The predicted molar refractivity (Wildman–Crippen MR) is 199 cm³/mol. The number of phosphoric ester groups is 1. The lowest BCUT2D eigenvalue weighted by atomic mass is 10.0. The van der Waals surface area contributed by atoms with Crippen molar-refractivity contribution in [3.63, 3.8) is 0 Å². The molecule has 4 rings (SSSR count). The molecule has 314 valence electrons. The number of nitrogens with one attached hydrogen (secondary N) is 2. The van der Waals surface area contributed by atoms with Gasteiger partial charge in [0.25, 0.3) is 5.56 Å². The summed E-state index contributed by atoms with van der Waals surface area (Å²) in [5.41, 5.74) is -3.02. The second kappa shape index (κ2) is 22.4. The van der Waals surface area contributed by atoms with Crippen molar-refractivity contribution in [2.75, 3.05) is 18.5 Å². The molecular weight excluding hydrogens is 760 g/mol. The summed E-state index contributed by atoms with van der Waals surface area (Å²) in [7, 11) is -4.94. The van der Waals surface area contributed by atoms with Crippen LogP contribution >= 0.6 is 7.82 Å². The summed E-state index contributed by atoms with van der Waals surface area (Å²) >= 11 is 0. The van der Waals surface area contributed by atoms with Crippen LogP contribution in [0.15, 0.2) is 32.8 Å². The molecule has 1 unspecified atom stereocenters. The van der Waals surface area contributed by atoms with Gasteiger partial charge in [0, 0.05) is 32.4 Å². The molecule has 0 aromatic carbocycles. The molecule has 0 bridgehead atoms. The molecule has 2 aromatic rings. The van der Waals surface area contributed by atoms with E-state index < -0.39 is 86.6 Å². The minimum atomic E-state index is -4.94. The van der Waals surface area contributed by atoms with Crippen molar-refractivity contribution >= 4 is 25.5 Å². The molecule has 4 N–H and O–H groups in total. The molecule has 0 saturated carbocycles. The number of rotatable bonds is 24. The van der Waals surface area contributed by atoms with Crippen LogP contribution in [0, 0.1) is 5.82 Å². The van der Waals surface area contributed by atoms with Crippen LogP contribution in [0.4, 0.5) is 10.2 Å². The van der Waals surface area contributed by atoms with E-state index in [0.29, 0.717) is 12.6 Å². The number of anilines is 1. The number of hydrogen-bond donors (Lipinski definition) is 4. The number of aromatic nitrogens is 4. The van der Waals surface area contributed by atoms with Gasteiger partial charge < -0.3 is 29.5 Å². The standard InChI is InChI=1S/C36H55FN5O13P/c1-3-4-5-6-7-8-9-10-11-12-13-14-15-16-31(45)38-30-17-18-41(35(47)39-30)32-20-27(28(22-43)53-32)55-56(49,50)51-23-29-26(52-24(2)44)19-33(54-29)42-21-25(37)34(46)40-36(42)48/h17-18,21,26-29,32-33,43H,3-16,19-20,22-23H2,1-2H3,(H,49,50)(H,40,46,48)(H,38,39,45,47)/t26-,27-,28+,29+,32+,33+/m0/s1. The van der Waals surface area contributed by atoms with E-state index in [1.54, 1.807) is 4.98 Å². The van der Waals surface area contributed by atoms with E-state index in [1.165, 1.54) is 70.1 Å². The largest absolute Gasteiger partial charge is 0.472 e. The van der Waals surface area contributed by atoms with E-state index in [0.717, 1.165) is 41.7 Å². The van der Waals surface area contributed by atoms with E-state index in [2.05, 4.69) is 17.2 Å². The van der Waals surface area contributed by atoms with Gasteiger partial charge in [-0.2, -0.15) is 9.37 Å². The molecule has 2 saturated heterocycles. The van der Waals surface area contributed by atoms with Gasteiger partial charge in [-0.05, 0) is 12.5 Å². The molecule has 0 spiro atoms. The molecule has 4 heterocycles. The second-order valence-corrected chi connectivity index (χ2v) is 15.6. The highest BCUT2D eigenvalue weighted by molar-refractivity contribution is 7.47. The second-order valence-electron chi connectivity index (χ2n) is 14.2. The highest BCUT2D eigenvalue weighted by atomic mass is 31.2. The Bertz CT molecular complexity index is 1810. The van der Waals surface area contributed by atoms with Crippen molar-refractivity contribution in [1.82, 2.24) is 19.1 Å². The maximum Gasteiger partial charge on any atom is 0.472 e. The molecule has 0 radical (unpaired) electrons. The lowest BCUT2D eigenvalue weighted by Crippen LogP contribution is -2.34. The Kier molecular flexibility index (Phi) is 18.0. The Hall–Kier alpha value is -3.58. The molecule has 56 heavy (non-hydrogen) atoms. The van der Waals surface area contributed by atoms with Crippen molar-refractivity contribution in [3.8, 4) is 0 Å². The Labute approximate surface area is 323 Å². The summed E-state index contributed by atoms with van der Waals surface area (Å²) in [6.07, 6.45) is 10.4. The first kappa shape index (κ1) is 45.1. The summed E-state index contributed by atoms with van der Waals surface area (Å²) < 4.78 is 55.8. The van der Waals surface area contributed by atoms with Crippen LogP contribution in [-0.4, -0.2) is 78.6 Å². The quantitative estimate of drug-likeness (QED) is 0.0655. The summed E-state index contributed by atoms with van der Waals surface area (Å²) in [6, 6.07) is 1.42. The van der Waals surface area contributed by atoms with Crippen LogP contribution in [0.3, 0.4) is 0 Å². The highest BCUT2D eigenvalue weighted by Gasteiger charge is 2.44. The third-order valence-corrected chi connectivity index (χ3v) is 10.7. The fourth-order valence-corrected chi connectivity index (χ4v) is 7.72. The van der Waals surface area contributed by atoms with Gasteiger partial charge >= 0.3 is 25.2 Å². The van der Waals surface area contributed by atoms with E-state index in [9.17, 15) is 42.9 Å². The summed E-state index contributed by atoms with van der Waals surface area (Å²) in [5, 5.41) is 12.5. The summed E-state index contributed by atoms with van der Waals surface area (Å²) in [6.45, 7) is 1.99. The van der Waals surface area contributed by atoms with Crippen LogP contribution in [0.25, 0.3) is 0 Å². The normalized spacial score (nSPS) is 23.2. The number of hydrogen-bond acceptors (Lipinski definition) is 13. The maximum atomic E-state index is 13.9. The molecule has 0 aliphatic carbocycles. The number of nitrogens with zero attached hydrogens (tertiary/aromatic N) is 3. The zero-order chi connectivity index (χ0) is 40.7. The molecule has 18 nitrogen and oxygen atoms in total. The SMILES string of the molecule is CCCCCCCCCCCCCCCC(=O)Nc1ccn([C@H]2C[C@H](OP(=O)(O)OC[C@H]3O[C@@H](n4cc(F)c(=O)[nH]c4=O)C[C@@H]3OC(C)=O)[C@@H](CO)O2)c(=O)n1. The van der Waals surface area contributed by atoms with Gasteiger partial charge in [-0.1, -0.05) is 84.0 Å². The lowest BCUT2D eigenvalue weighted by Gasteiger charge is -2.22. The van der Waals surface area contributed by atoms with E-state index >= 15 is 0 Å². The average Bonchev–Trinajstić information content (AvgIpc) is 3.73. The summed E-state index contributed by atoms with van der Waals surface area (Å²) in [4.78, 5) is 77.0. The smallest absolute Gasteiger partial charge is 0.460 e. The van der Waals surface area contributed by atoms with Gasteiger partial charge in [0.05, 0.1) is 19.4 Å². The van der Waals surface area contributed by atoms with Crippen molar-refractivity contribution in [1.29, 1.82) is 0 Å². The van der Waals surface area contributed by atoms with Crippen LogP contribution in [0.2, 0.25) is 0 Å². The number of ether oxygens (including phenoxy) is 3.